The van der Waals surface area contributed by atoms with Gasteiger partial charge in [-0.25, -0.2) is 19.9 Å². The molecule has 0 atom stereocenters. The normalized spacial score (nSPS) is 11.7. The summed E-state index contributed by atoms with van der Waals surface area (Å²) in [5.41, 5.74) is 14.1. The molecule has 0 aliphatic carbocycles. The minimum Gasteiger partial charge on any atom is -0.436 e. The van der Waals surface area contributed by atoms with Gasteiger partial charge in [-0.15, -0.1) is 0 Å². The van der Waals surface area contributed by atoms with Gasteiger partial charge in [0, 0.05) is 55.2 Å². The maximum atomic E-state index is 6.42. The second kappa shape index (κ2) is 14.9. The third-order valence-electron chi connectivity index (χ3n) is 12.4. The van der Waals surface area contributed by atoms with E-state index in [4.69, 9.17) is 24.4 Å². The first-order valence-electron chi connectivity index (χ1n) is 21.7. The van der Waals surface area contributed by atoms with Gasteiger partial charge in [-0.05, 0) is 90.0 Å². The van der Waals surface area contributed by atoms with Crippen molar-refractivity contribution in [3.63, 3.8) is 0 Å². The molecule has 0 bridgehead atoms. The maximum Gasteiger partial charge on any atom is 0.227 e. The predicted molar refractivity (Wildman–Crippen MR) is 263 cm³/mol. The van der Waals surface area contributed by atoms with Gasteiger partial charge in [0.15, 0.2) is 23.1 Å². The van der Waals surface area contributed by atoms with Gasteiger partial charge in [0.1, 0.15) is 5.52 Å². The molecule has 7 nitrogen and oxygen atoms in total. The molecule has 0 N–H and O–H groups in total. The zero-order valence-electron chi connectivity index (χ0n) is 34.9. The maximum absolute atomic E-state index is 6.42. The van der Waals surface area contributed by atoms with Gasteiger partial charge in [0.05, 0.1) is 22.1 Å². The summed E-state index contributed by atoms with van der Waals surface area (Å²) in [6, 6.07) is 75.9. The van der Waals surface area contributed by atoms with Crippen molar-refractivity contribution in [1.29, 1.82) is 0 Å². The fourth-order valence-corrected chi connectivity index (χ4v) is 9.33. The lowest BCUT2D eigenvalue weighted by Gasteiger charge is -2.12. The Labute approximate surface area is 373 Å². The number of fused-ring (bicyclic) bond motifs is 7. The lowest BCUT2D eigenvalue weighted by Crippen LogP contribution is -2.01. The summed E-state index contributed by atoms with van der Waals surface area (Å²) in [5.74, 6) is 2.50. The minimum absolute atomic E-state index is 0.615. The van der Waals surface area contributed by atoms with Crippen LogP contribution in [-0.4, -0.2) is 29.1 Å². The number of rotatable bonds is 7. The van der Waals surface area contributed by atoms with E-state index in [1.807, 2.05) is 91.0 Å². The van der Waals surface area contributed by atoms with Gasteiger partial charge in [-0.2, -0.15) is 0 Å². The molecule has 0 aliphatic rings. The molecule has 0 spiro atoms. The highest BCUT2D eigenvalue weighted by atomic mass is 16.3. The average molecular weight is 833 g/mol. The summed E-state index contributed by atoms with van der Waals surface area (Å²) >= 11 is 0. The first kappa shape index (κ1) is 36.7. The van der Waals surface area contributed by atoms with Gasteiger partial charge in [-0.3, -0.25) is 0 Å². The highest BCUT2D eigenvalue weighted by molar-refractivity contribution is 6.14. The van der Waals surface area contributed by atoms with E-state index in [0.29, 0.717) is 23.4 Å². The highest BCUT2D eigenvalue weighted by Gasteiger charge is 2.20. The van der Waals surface area contributed by atoms with Crippen LogP contribution in [0.3, 0.4) is 0 Å². The zero-order valence-corrected chi connectivity index (χ0v) is 34.9. The number of benzene rings is 9. The molecule has 13 aromatic rings. The van der Waals surface area contributed by atoms with Crippen LogP contribution in [0.4, 0.5) is 0 Å². The number of oxazole rings is 1. The average Bonchev–Trinajstić information content (AvgIpc) is 4.06. The molecular weight excluding hydrogens is 797 g/mol. The van der Waals surface area contributed by atoms with Gasteiger partial charge in [-0.1, -0.05) is 140 Å². The molecule has 7 heteroatoms. The van der Waals surface area contributed by atoms with Crippen LogP contribution in [0.15, 0.2) is 223 Å². The van der Waals surface area contributed by atoms with Crippen LogP contribution < -0.4 is 0 Å². The molecular formula is C58H36N6O. The second-order valence-electron chi connectivity index (χ2n) is 16.3. The van der Waals surface area contributed by atoms with E-state index < -0.39 is 0 Å². The van der Waals surface area contributed by atoms with E-state index in [1.54, 1.807) is 0 Å². The molecule has 0 unspecified atom stereocenters. The van der Waals surface area contributed by atoms with Gasteiger partial charge >= 0.3 is 0 Å². The summed E-state index contributed by atoms with van der Waals surface area (Å²) < 4.78 is 11.1. The fraction of sp³-hybridized carbons (Fsp3) is 0. The lowest BCUT2D eigenvalue weighted by molar-refractivity contribution is 0.620. The van der Waals surface area contributed by atoms with Crippen LogP contribution in [-0.2, 0) is 0 Å². The van der Waals surface area contributed by atoms with E-state index in [1.165, 1.54) is 10.8 Å². The molecule has 0 fully saturated rings. The number of hydrogen-bond donors (Lipinski definition) is 0. The SMILES string of the molecule is c1ccc(-c2nc(-c3ccccc3)nc(-c3cccc(-n4c5ccccc5c5cc(-c6ccc7c(c6)c6cc8oc(-c9ccccc9)nc8cc6n7-c6ccccc6)ccc54)c3)n2)cc1. The van der Waals surface area contributed by atoms with Gasteiger partial charge < -0.3 is 13.6 Å². The van der Waals surface area contributed by atoms with Crippen molar-refractivity contribution in [1.82, 2.24) is 29.1 Å². The van der Waals surface area contributed by atoms with Crippen molar-refractivity contribution in [2.24, 2.45) is 0 Å². The van der Waals surface area contributed by atoms with Crippen molar-refractivity contribution in [3.05, 3.63) is 218 Å². The number of aromatic nitrogens is 6. The Morgan fingerprint density at radius 1 is 0.292 bits per heavy atom. The van der Waals surface area contributed by atoms with E-state index in [-0.39, 0.29) is 0 Å². The van der Waals surface area contributed by atoms with Crippen molar-refractivity contribution in [2.75, 3.05) is 0 Å². The molecule has 9 aromatic carbocycles. The van der Waals surface area contributed by atoms with Gasteiger partial charge in [0.2, 0.25) is 5.89 Å². The molecule has 0 saturated carbocycles. The van der Waals surface area contributed by atoms with Crippen LogP contribution in [0, 0.1) is 0 Å². The van der Waals surface area contributed by atoms with E-state index in [9.17, 15) is 0 Å². The number of nitrogens with zero attached hydrogens (tertiary/aromatic N) is 6. The smallest absolute Gasteiger partial charge is 0.227 e. The van der Waals surface area contributed by atoms with E-state index >= 15 is 0 Å². The summed E-state index contributed by atoms with van der Waals surface area (Å²) in [7, 11) is 0. The summed E-state index contributed by atoms with van der Waals surface area (Å²) in [6.45, 7) is 0. The number of para-hydroxylation sites is 2. The topological polar surface area (TPSA) is 74.6 Å². The molecule has 0 aliphatic heterocycles. The van der Waals surface area contributed by atoms with Crippen molar-refractivity contribution >= 4 is 54.7 Å². The van der Waals surface area contributed by atoms with Crippen LogP contribution >= 0.6 is 0 Å². The quantitative estimate of drug-likeness (QED) is 0.160. The Morgan fingerprint density at radius 3 is 1.42 bits per heavy atom. The standard InChI is InChI=1S/C58H36N6O/c1-5-16-37(17-6-1)55-60-56(38-18-7-2-8-19-38)62-57(61-55)42-22-15-25-44(32-42)64-50-27-14-13-26-45(50)46-33-40(28-30-51(46)64)41-29-31-52-47(34-41)48-35-54-49(59-58(65-54)39-20-9-3-10-21-39)36-53(48)63(52)43-23-11-4-12-24-43/h1-36H. The molecule has 13 rings (SSSR count). The predicted octanol–water partition coefficient (Wildman–Crippen LogP) is 14.5. The Morgan fingerprint density at radius 2 is 0.769 bits per heavy atom. The van der Waals surface area contributed by atoms with Crippen LogP contribution in [0.25, 0.3) is 123 Å². The Hall–Kier alpha value is -8.94. The van der Waals surface area contributed by atoms with Crippen LogP contribution in [0.2, 0.25) is 0 Å². The van der Waals surface area contributed by atoms with E-state index in [0.717, 1.165) is 88.7 Å². The van der Waals surface area contributed by atoms with Crippen molar-refractivity contribution in [2.45, 2.75) is 0 Å². The number of hydrogen-bond acceptors (Lipinski definition) is 5. The third kappa shape index (κ3) is 6.20. The summed E-state index contributed by atoms with van der Waals surface area (Å²) in [5, 5.41) is 4.60. The molecule has 4 heterocycles. The second-order valence-corrected chi connectivity index (χ2v) is 16.3. The molecule has 304 valence electrons. The minimum atomic E-state index is 0.615. The summed E-state index contributed by atoms with van der Waals surface area (Å²) in [4.78, 5) is 19.9. The third-order valence-corrected chi connectivity index (χ3v) is 12.4. The first-order chi connectivity index (χ1) is 32.2. The van der Waals surface area contributed by atoms with Crippen molar-refractivity contribution < 1.29 is 4.42 Å². The van der Waals surface area contributed by atoms with E-state index in [2.05, 4.69) is 137 Å². The Bertz CT molecular complexity index is 3870. The Kier molecular flexibility index (Phi) is 8.39. The molecule has 0 amide bonds. The zero-order chi connectivity index (χ0) is 42.8. The molecule has 0 radical (unpaired) electrons. The summed E-state index contributed by atoms with van der Waals surface area (Å²) in [6.07, 6.45) is 0. The Balaban J connectivity index is 0.947. The molecule has 4 aromatic heterocycles. The van der Waals surface area contributed by atoms with Crippen LogP contribution in [0.5, 0.6) is 0 Å². The van der Waals surface area contributed by atoms with Gasteiger partial charge in [0.25, 0.3) is 0 Å². The largest absolute Gasteiger partial charge is 0.436 e. The molecule has 0 saturated heterocycles. The van der Waals surface area contributed by atoms with Crippen molar-refractivity contribution in [3.8, 4) is 68.1 Å². The monoisotopic (exact) mass is 832 g/mol. The lowest BCUT2D eigenvalue weighted by atomic mass is 10.0. The van der Waals surface area contributed by atoms with Crippen LogP contribution in [0.1, 0.15) is 0 Å². The highest BCUT2D eigenvalue weighted by Crippen LogP contribution is 2.40. The first-order valence-corrected chi connectivity index (χ1v) is 21.7. The molecule has 65 heavy (non-hydrogen) atoms. The fourth-order valence-electron chi connectivity index (χ4n) is 9.33.